The van der Waals surface area contributed by atoms with Crippen molar-refractivity contribution in [3.05, 3.63) is 0 Å². The van der Waals surface area contributed by atoms with Crippen molar-refractivity contribution in [3.63, 3.8) is 0 Å². The van der Waals surface area contributed by atoms with Crippen molar-refractivity contribution in [2.75, 3.05) is 13.1 Å². The highest BCUT2D eigenvalue weighted by Gasteiger charge is 2.04. The van der Waals surface area contributed by atoms with Gasteiger partial charge in [-0.1, -0.05) is 13.8 Å². The van der Waals surface area contributed by atoms with Gasteiger partial charge in [0.2, 0.25) is 11.8 Å². The molecule has 2 amide bonds. The molecule has 0 radical (unpaired) electrons. The van der Waals surface area contributed by atoms with Gasteiger partial charge < -0.3 is 10.6 Å². The first-order chi connectivity index (χ1) is 6.70. The molecule has 0 aromatic rings. The molecule has 0 rings (SSSR count). The molecule has 0 atom stereocenters. The fourth-order valence-corrected chi connectivity index (χ4v) is 0.933. The van der Waals surface area contributed by atoms with Crippen molar-refractivity contribution in [3.8, 4) is 0 Å². The number of hydrogen-bond donors (Lipinski definition) is 2. The predicted molar refractivity (Wildman–Crippen MR) is 55.8 cm³/mol. The van der Waals surface area contributed by atoms with Crippen molar-refractivity contribution in [1.82, 2.24) is 10.6 Å². The Morgan fingerprint density at radius 1 is 0.857 bits per heavy atom. The molecule has 4 nitrogen and oxygen atoms in total. The molecule has 0 spiro atoms. The fourth-order valence-electron chi connectivity index (χ4n) is 0.933. The molecule has 0 saturated carbocycles. The Balaban J connectivity index is 3.41. The van der Waals surface area contributed by atoms with Crippen LogP contribution in [-0.2, 0) is 9.59 Å². The van der Waals surface area contributed by atoms with Crippen molar-refractivity contribution in [2.24, 2.45) is 0 Å². The summed E-state index contributed by atoms with van der Waals surface area (Å²) in [6, 6.07) is 0. The fraction of sp³-hybridized carbons (Fsp3) is 0.800. The monoisotopic (exact) mass is 200 g/mol. The van der Waals surface area contributed by atoms with Gasteiger partial charge in [0.15, 0.2) is 0 Å². The summed E-state index contributed by atoms with van der Waals surface area (Å²) in [6.07, 6.45) is 2.42. The maximum absolute atomic E-state index is 11.1. The first kappa shape index (κ1) is 12.9. The Morgan fingerprint density at radius 2 is 1.21 bits per heavy atom. The van der Waals surface area contributed by atoms with Gasteiger partial charge in [-0.25, -0.2) is 0 Å². The standard InChI is InChI=1S/C10H20N2O2/c1-3-7-11-9(13)5-6-10(14)12-8-4-2/h3-8H2,1-2H3,(H,11,13)(H,12,14). The van der Waals surface area contributed by atoms with E-state index in [1.165, 1.54) is 0 Å². The third-order valence-electron chi connectivity index (χ3n) is 1.72. The van der Waals surface area contributed by atoms with Gasteiger partial charge in [-0.3, -0.25) is 9.59 Å². The zero-order valence-electron chi connectivity index (χ0n) is 9.06. The zero-order chi connectivity index (χ0) is 10.8. The lowest BCUT2D eigenvalue weighted by Crippen LogP contribution is -2.28. The minimum Gasteiger partial charge on any atom is -0.356 e. The highest BCUT2D eigenvalue weighted by Crippen LogP contribution is 1.89. The average Bonchev–Trinajstić information content (AvgIpc) is 2.20. The molecule has 2 N–H and O–H groups in total. The molecular weight excluding hydrogens is 180 g/mol. The summed E-state index contributed by atoms with van der Waals surface area (Å²) < 4.78 is 0. The van der Waals surface area contributed by atoms with E-state index in [4.69, 9.17) is 0 Å². The largest absolute Gasteiger partial charge is 0.356 e. The Bertz CT molecular complexity index is 161. The second-order valence-electron chi connectivity index (χ2n) is 3.20. The molecular formula is C10H20N2O2. The molecule has 0 aromatic heterocycles. The quantitative estimate of drug-likeness (QED) is 0.639. The molecule has 0 fully saturated rings. The van der Waals surface area contributed by atoms with E-state index in [0.717, 1.165) is 12.8 Å². The summed E-state index contributed by atoms with van der Waals surface area (Å²) in [5.41, 5.74) is 0. The summed E-state index contributed by atoms with van der Waals surface area (Å²) >= 11 is 0. The van der Waals surface area contributed by atoms with E-state index < -0.39 is 0 Å². The summed E-state index contributed by atoms with van der Waals surface area (Å²) in [5.74, 6) is -0.0861. The van der Waals surface area contributed by atoms with Crippen molar-refractivity contribution in [2.45, 2.75) is 39.5 Å². The average molecular weight is 200 g/mol. The van der Waals surface area contributed by atoms with Crippen molar-refractivity contribution < 1.29 is 9.59 Å². The first-order valence-electron chi connectivity index (χ1n) is 5.24. The molecule has 0 bridgehead atoms. The number of amides is 2. The Morgan fingerprint density at radius 3 is 1.50 bits per heavy atom. The highest BCUT2D eigenvalue weighted by molar-refractivity contribution is 5.83. The van der Waals surface area contributed by atoms with Crippen LogP contribution in [0.5, 0.6) is 0 Å². The van der Waals surface area contributed by atoms with Gasteiger partial charge in [0.1, 0.15) is 0 Å². The van der Waals surface area contributed by atoms with E-state index in [2.05, 4.69) is 10.6 Å². The van der Waals surface area contributed by atoms with E-state index in [1.54, 1.807) is 0 Å². The van der Waals surface area contributed by atoms with Crippen LogP contribution in [0.1, 0.15) is 39.5 Å². The molecule has 0 aromatic carbocycles. The molecule has 82 valence electrons. The molecule has 0 aliphatic heterocycles. The van der Waals surface area contributed by atoms with Gasteiger partial charge in [-0.2, -0.15) is 0 Å². The minimum absolute atomic E-state index is 0.0431. The summed E-state index contributed by atoms with van der Waals surface area (Å²) in [7, 11) is 0. The maximum Gasteiger partial charge on any atom is 0.220 e. The third-order valence-corrected chi connectivity index (χ3v) is 1.72. The summed E-state index contributed by atoms with van der Waals surface area (Å²) in [5, 5.41) is 5.45. The highest BCUT2D eigenvalue weighted by atomic mass is 16.2. The van der Waals surface area contributed by atoms with Gasteiger partial charge in [0.05, 0.1) is 0 Å². The second kappa shape index (κ2) is 8.53. The van der Waals surface area contributed by atoms with Crippen LogP contribution in [0.4, 0.5) is 0 Å². The molecule has 0 heterocycles. The minimum atomic E-state index is -0.0431. The van der Waals surface area contributed by atoms with Crippen LogP contribution < -0.4 is 10.6 Å². The Labute approximate surface area is 85.4 Å². The maximum atomic E-state index is 11.1. The van der Waals surface area contributed by atoms with Gasteiger partial charge in [-0.05, 0) is 12.8 Å². The van der Waals surface area contributed by atoms with E-state index in [0.29, 0.717) is 13.1 Å². The molecule has 0 saturated heterocycles. The Kier molecular flexibility index (Phi) is 7.89. The Hall–Kier alpha value is -1.06. The second-order valence-corrected chi connectivity index (χ2v) is 3.20. The van der Waals surface area contributed by atoms with Crippen molar-refractivity contribution in [1.29, 1.82) is 0 Å². The number of hydrogen-bond acceptors (Lipinski definition) is 2. The van der Waals surface area contributed by atoms with Gasteiger partial charge >= 0.3 is 0 Å². The zero-order valence-corrected chi connectivity index (χ0v) is 9.06. The molecule has 0 aliphatic rings. The lowest BCUT2D eigenvalue weighted by atomic mass is 10.2. The van der Waals surface area contributed by atoms with Crippen LogP contribution in [0, 0.1) is 0 Å². The molecule has 0 aliphatic carbocycles. The number of nitrogens with one attached hydrogen (secondary N) is 2. The number of rotatable bonds is 7. The normalized spacial score (nSPS) is 9.57. The van der Waals surface area contributed by atoms with Crippen LogP contribution in [0.25, 0.3) is 0 Å². The predicted octanol–water partition coefficient (Wildman–Crippen LogP) is 0.819. The topological polar surface area (TPSA) is 58.2 Å². The van der Waals surface area contributed by atoms with Gasteiger partial charge in [0.25, 0.3) is 0 Å². The lowest BCUT2D eigenvalue weighted by Gasteiger charge is -2.04. The van der Waals surface area contributed by atoms with Gasteiger partial charge in [-0.15, -0.1) is 0 Å². The van der Waals surface area contributed by atoms with Gasteiger partial charge in [0, 0.05) is 25.9 Å². The molecule has 4 heteroatoms. The van der Waals surface area contributed by atoms with E-state index in [-0.39, 0.29) is 24.7 Å². The number of carbonyl (C=O) groups excluding carboxylic acids is 2. The molecule has 0 unspecified atom stereocenters. The van der Waals surface area contributed by atoms with E-state index >= 15 is 0 Å². The number of carbonyl (C=O) groups is 2. The van der Waals surface area contributed by atoms with Crippen LogP contribution in [-0.4, -0.2) is 24.9 Å². The van der Waals surface area contributed by atoms with Crippen LogP contribution in [0.3, 0.4) is 0 Å². The van der Waals surface area contributed by atoms with E-state index in [1.807, 2.05) is 13.8 Å². The van der Waals surface area contributed by atoms with Crippen LogP contribution in [0.15, 0.2) is 0 Å². The van der Waals surface area contributed by atoms with Crippen LogP contribution in [0.2, 0.25) is 0 Å². The van der Waals surface area contributed by atoms with Crippen LogP contribution >= 0.6 is 0 Å². The first-order valence-corrected chi connectivity index (χ1v) is 5.24. The summed E-state index contributed by atoms with van der Waals surface area (Å²) in [4.78, 5) is 22.2. The summed E-state index contributed by atoms with van der Waals surface area (Å²) in [6.45, 7) is 5.37. The van der Waals surface area contributed by atoms with E-state index in [9.17, 15) is 9.59 Å². The molecule has 14 heavy (non-hydrogen) atoms. The van der Waals surface area contributed by atoms with Crippen molar-refractivity contribution >= 4 is 11.8 Å². The third kappa shape index (κ3) is 7.58. The lowest BCUT2D eigenvalue weighted by molar-refractivity contribution is -0.126. The SMILES string of the molecule is CCCNC(=O)CCC(=O)NCCC. The smallest absolute Gasteiger partial charge is 0.220 e.